The Morgan fingerprint density at radius 3 is 2.65 bits per heavy atom. The molecule has 26 heavy (non-hydrogen) atoms. The van der Waals surface area contributed by atoms with E-state index >= 15 is 0 Å². The minimum absolute atomic E-state index is 0.0294. The van der Waals surface area contributed by atoms with Crippen LogP contribution in [0.3, 0.4) is 0 Å². The van der Waals surface area contributed by atoms with Crippen molar-refractivity contribution in [1.29, 1.82) is 0 Å². The van der Waals surface area contributed by atoms with Gasteiger partial charge in [0.05, 0.1) is 4.90 Å². The summed E-state index contributed by atoms with van der Waals surface area (Å²) in [6.07, 6.45) is -3.34. The molecular weight excluding hydrogens is 393 g/mol. The first-order valence-electron chi connectivity index (χ1n) is 7.32. The summed E-state index contributed by atoms with van der Waals surface area (Å²) in [6.45, 7) is -0.567. The molecule has 11 heteroatoms. The van der Waals surface area contributed by atoms with Gasteiger partial charge in [-0.05, 0) is 30.3 Å². The van der Waals surface area contributed by atoms with Crippen molar-refractivity contribution >= 4 is 32.8 Å². The van der Waals surface area contributed by atoms with Gasteiger partial charge in [0.2, 0.25) is 15.8 Å². The number of hydrogen-bond acceptors (Lipinski definition) is 4. The van der Waals surface area contributed by atoms with Gasteiger partial charge in [-0.15, -0.1) is 0 Å². The first-order chi connectivity index (χ1) is 12.2. The van der Waals surface area contributed by atoms with E-state index in [9.17, 15) is 21.6 Å². The van der Waals surface area contributed by atoms with Gasteiger partial charge in [0, 0.05) is 24.3 Å². The Kier molecular flexibility index (Phi) is 4.91. The van der Waals surface area contributed by atoms with Crippen LogP contribution in [0.25, 0.3) is 11.2 Å². The van der Waals surface area contributed by atoms with Gasteiger partial charge in [0.15, 0.2) is 5.65 Å². The Hall–Kier alpha value is -2.17. The molecule has 138 valence electrons. The molecule has 0 unspecified atom stereocenters. The predicted molar refractivity (Wildman–Crippen MR) is 89.2 cm³/mol. The molecule has 2 aromatic heterocycles. The van der Waals surface area contributed by atoms with E-state index < -0.39 is 22.0 Å². The highest BCUT2D eigenvalue weighted by Gasteiger charge is 2.37. The van der Waals surface area contributed by atoms with E-state index in [1.165, 1.54) is 42.6 Å². The lowest BCUT2D eigenvalue weighted by Gasteiger charge is -2.12. The summed E-state index contributed by atoms with van der Waals surface area (Å²) in [5, 5.41) is 0.233. The molecule has 3 aromatic rings. The zero-order chi connectivity index (χ0) is 18.9. The molecule has 0 saturated carbocycles. The van der Waals surface area contributed by atoms with Crippen LogP contribution in [0.15, 0.2) is 47.5 Å². The smallest absolute Gasteiger partial charge is 0.304 e. The minimum atomic E-state index is -4.69. The third kappa shape index (κ3) is 3.81. The average Bonchev–Trinajstić information content (AvgIpc) is 2.94. The average molecular weight is 405 g/mol. The second-order valence-corrected chi connectivity index (χ2v) is 7.49. The highest BCUT2D eigenvalue weighted by molar-refractivity contribution is 7.89. The molecule has 0 radical (unpaired) electrons. The van der Waals surface area contributed by atoms with Gasteiger partial charge in [-0.2, -0.15) is 13.2 Å². The van der Waals surface area contributed by atoms with Crippen molar-refractivity contribution in [3.8, 4) is 0 Å². The van der Waals surface area contributed by atoms with Gasteiger partial charge < -0.3 is 4.57 Å². The van der Waals surface area contributed by atoms with Crippen molar-refractivity contribution in [2.45, 2.75) is 17.6 Å². The van der Waals surface area contributed by atoms with Gasteiger partial charge in [-0.3, -0.25) is 0 Å². The number of imidazole rings is 1. The first kappa shape index (κ1) is 18.6. The third-order valence-electron chi connectivity index (χ3n) is 3.49. The Balaban J connectivity index is 1.84. The Morgan fingerprint density at radius 2 is 1.96 bits per heavy atom. The molecule has 0 spiro atoms. The van der Waals surface area contributed by atoms with Crippen molar-refractivity contribution in [2.24, 2.45) is 0 Å². The van der Waals surface area contributed by atoms with E-state index in [0.717, 1.165) is 4.57 Å². The lowest BCUT2D eigenvalue weighted by molar-refractivity contribution is -0.146. The number of pyridine rings is 1. The lowest BCUT2D eigenvalue weighted by atomic mass is 10.4. The van der Waals surface area contributed by atoms with Crippen molar-refractivity contribution < 1.29 is 21.6 Å². The summed E-state index contributed by atoms with van der Waals surface area (Å²) < 4.78 is 67.1. The topological polar surface area (TPSA) is 76.9 Å². The lowest BCUT2D eigenvalue weighted by Crippen LogP contribution is -2.28. The predicted octanol–water partition coefficient (Wildman–Crippen LogP) is 3.08. The maximum Gasteiger partial charge on any atom is 0.449 e. The standard InChI is InChI=1S/C15H12ClF3N4O2S/c16-10-3-1-4-11(9-10)26(24,25)21-7-8-23-13-12(5-2-6-20-13)22-14(23)15(17,18)19/h1-6,9,21H,7-8H2. The van der Waals surface area contributed by atoms with Crippen LogP contribution < -0.4 is 4.72 Å². The fourth-order valence-electron chi connectivity index (χ4n) is 2.40. The fourth-order valence-corrected chi connectivity index (χ4v) is 3.72. The van der Waals surface area contributed by atoms with Crippen molar-refractivity contribution in [1.82, 2.24) is 19.3 Å². The normalized spacial score (nSPS) is 12.6. The summed E-state index contributed by atoms with van der Waals surface area (Å²) in [6, 6.07) is 8.44. The zero-order valence-corrected chi connectivity index (χ0v) is 14.6. The molecule has 0 aliphatic heterocycles. The Bertz CT molecular complexity index is 1050. The Morgan fingerprint density at radius 1 is 1.19 bits per heavy atom. The second-order valence-electron chi connectivity index (χ2n) is 5.29. The van der Waals surface area contributed by atoms with E-state index in [1.807, 2.05) is 0 Å². The minimum Gasteiger partial charge on any atom is -0.304 e. The van der Waals surface area contributed by atoms with Gasteiger partial charge in [-0.25, -0.2) is 23.1 Å². The second kappa shape index (κ2) is 6.86. The van der Waals surface area contributed by atoms with E-state index in [-0.39, 0.29) is 34.2 Å². The molecule has 2 heterocycles. The van der Waals surface area contributed by atoms with Gasteiger partial charge in [-0.1, -0.05) is 17.7 Å². The largest absolute Gasteiger partial charge is 0.449 e. The van der Waals surface area contributed by atoms with Crippen molar-refractivity contribution in [2.75, 3.05) is 6.54 Å². The molecule has 0 bridgehead atoms. The van der Waals surface area contributed by atoms with E-state index in [0.29, 0.717) is 0 Å². The van der Waals surface area contributed by atoms with Crippen LogP contribution >= 0.6 is 11.6 Å². The summed E-state index contributed by atoms with van der Waals surface area (Å²) in [5.74, 6) is -1.13. The van der Waals surface area contributed by atoms with Crippen LogP contribution in [0.5, 0.6) is 0 Å². The summed E-state index contributed by atoms with van der Waals surface area (Å²) in [5.41, 5.74) is 0.110. The number of fused-ring (bicyclic) bond motifs is 1. The van der Waals surface area contributed by atoms with E-state index in [4.69, 9.17) is 11.6 Å². The maximum absolute atomic E-state index is 13.2. The molecule has 1 aromatic carbocycles. The van der Waals surface area contributed by atoms with Crippen LogP contribution in [0, 0.1) is 0 Å². The number of benzene rings is 1. The summed E-state index contributed by atoms with van der Waals surface area (Å²) in [7, 11) is -3.91. The number of alkyl halides is 3. The van der Waals surface area contributed by atoms with E-state index in [1.54, 1.807) is 0 Å². The highest BCUT2D eigenvalue weighted by atomic mass is 35.5. The molecule has 0 amide bonds. The van der Waals surface area contributed by atoms with Crippen LogP contribution in [0.1, 0.15) is 5.82 Å². The maximum atomic E-state index is 13.2. The van der Waals surface area contributed by atoms with Crippen LogP contribution in [-0.4, -0.2) is 29.5 Å². The zero-order valence-electron chi connectivity index (χ0n) is 13.0. The number of hydrogen-bond donors (Lipinski definition) is 1. The number of nitrogens with zero attached hydrogens (tertiary/aromatic N) is 3. The summed E-state index contributed by atoms with van der Waals surface area (Å²) >= 11 is 5.76. The third-order valence-corrected chi connectivity index (χ3v) is 5.18. The molecular formula is C15H12ClF3N4O2S. The Labute approximate surface area is 151 Å². The molecule has 6 nitrogen and oxygen atoms in total. The quantitative estimate of drug-likeness (QED) is 0.709. The molecule has 1 N–H and O–H groups in total. The molecule has 3 rings (SSSR count). The van der Waals surface area contributed by atoms with Crippen molar-refractivity contribution in [3.05, 3.63) is 53.4 Å². The summed E-state index contributed by atoms with van der Waals surface area (Å²) in [4.78, 5) is 7.38. The van der Waals surface area contributed by atoms with E-state index in [2.05, 4.69) is 14.7 Å². The number of halogens is 4. The van der Waals surface area contributed by atoms with Gasteiger partial charge in [0.25, 0.3) is 0 Å². The molecule has 0 aliphatic carbocycles. The molecule has 0 fully saturated rings. The number of aromatic nitrogens is 3. The molecule has 0 aliphatic rings. The van der Waals surface area contributed by atoms with Crippen LogP contribution in [0.2, 0.25) is 5.02 Å². The first-order valence-corrected chi connectivity index (χ1v) is 9.18. The molecule has 0 saturated heterocycles. The van der Waals surface area contributed by atoms with Crippen LogP contribution in [-0.2, 0) is 22.7 Å². The number of nitrogens with one attached hydrogen (secondary N) is 1. The fraction of sp³-hybridized carbons (Fsp3) is 0.200. The highest BCUT2D eigenvalue weighted by Crippen LogP contribution is 2.30. The van der Waals surface area contributed by atoms with Crippen molar-refractivity contribution in [3.63, 3.8) is 0 Å². The SMILES string of the molecule is O=S(=O)(NCCn1c(C(F)(F)F)nc2cccnc21)c1cccc(Cl)c1. The van der Waals surface area contributed by atoms with Crippen LogP contribution in [0.4, 0.5) is 13.2 Å². The molecule has 0 atom stereocenters. The van der Waals surface area contributed by atoms with Gasteiger partial charge in [0.1, 0.15) is 5.52 Å². The monoisotopic (exact) mass is 404 g/mol. The number of sulfonamides is 1. The number of rotatable bonds is 5. The van der Waals surface area contributed by atoms with Gasteiger partial charge >= 0.3 is 6.18 Å².